The van der Waals surface area contributed by atoms with Crippen LogP contribution in [0.4, 0.5) is 0 Å². The molecule has 0 aliphatic carbocycles. The number of aromatic hydroxyl groups is 1. The van der Waals surface area contributed by atoms with Gasteiger partial charge in [-0.2, -0.15) is 5.26 Å². The van der Waals surface area contributed by atoms with Crippen molar-refractivity contribution in [3.8, 4) is 11.8 Å². The first-order chi connectivity index (χ1) is 16.3. The second-order valence-corrected chi connectivity index (χ2v) is 8.08. The number of nitrogens with two attached hydrogens (primary N) is 1. The number of rotatable bonds is 5. The predicted molar refractivity (Wildman–Crippen MR) is 133 cm³/mol. The number of nitriles is 1. The average Bonchev–Trinajstić information content (AvgIpc) is 3.24. The van der Waals surface area contributed by atoms with Crippen molar-refractivity contribution >= 4 is 46.2 Å². The van der Waals surface area contributed by atoms with Crippen LogP contribution in [0.25, 0.3) is 10.9 Å². The Bertz CT molecular complexity index is 1420. The number of aliphatic hydroxyl groups excluding tert-OH is 1. The summed E-state index contributed by atoms with van der Waals surface area (Å²) in [7, 11) is 0. The second-order valence-electron chi connectivity index (χ2n) is 7.27. The average molecular weight is 495 g/mol. The van der Waals surface area contributed by atoms with Gasteiger partial charge < -0.3 is 25.9 Å². The Hall–Kier alpha value is -3.83. The van der Waals surface area contributed by atoms with Gasteiger partial charge in [0.1, 0.15) is 11.8 Å². The second kappa shape index (κ2) is 10.9. The fourth-order valence-corrected chi connectivity index (χ4v) is 3.77. The zero-order valence-corrected chi connectivity index (χ0v) is 19.3. The number of phenolic OH excluding ortho intramolecular Hbond substituents is 1. The van der Waals surface area contributed by atoms with Crippen LogP contribution in [0.15, 0.2) is 60.8 Å². The molecule has 0 bridgehead atoms. The normalized spacial score (nSPS) is 10.3. The predicted octanol–water partition coefficient (Wildman–Crippen LogP) is 4.85. The first kappa shape index (κ1) is 24.8. The summed E-state index contributed by atoms with van der Waals surface area (Å²) >= 11 is 12.1. The highest BCUT2D eigenvalue weighted by Crippen LogP contribution is 2.28. The molecule has 0 fully saturated rings. The molecule has 3 aromatic carbocycles. The lowest BCUT2D eigenvalue weighted by Crippen LogP contribution is -2.10. The van der Waals surface area contributed by atoms with E-state index in [9.17, 15) is 9.90 Å². The van der Waals surface area contributed by atoms with Crippen LogP contribution >= 0.6 is 23.2 Å². The van der Waals surface area contributed by atoms with Gasteiger partial charge in [-0.15, -0.1) is 0 Å². The Morgan fingerprint density at radius 1 is 1.12 bits per heavy atom. The van der Waals surface area contributed by atoms with E-state index >= 15 is 0 Å². The summed E-state index contributed by atoms with van der Waals surface area (Å²) in [4.78, 5) is 10.6. The molecule has 0 radical (unpaired) electrons. The number of benzene rings is 3. The van der Waals surface area contributed by atoms with E-state index in [4.69, 9.17) is 44.7 Å². The molecular weight excluding hydrogens is 475 g/mol. The van der Waals surface area contributed by atoms with Gasteiger partial charge in [-0.05, 0) is 53.6 Å². The van der Waals surface area contributed by atoms with Crippen molar-refractivity contribution in [1.82, 2.24) is 4.57 Å². The summed E-state index contributed by atoms with van der Waals surface area (Å²) in [5.74, 6) is -0.769. The molecule has 9 heteroatoms. The van der Waals surface area contributed by atoms with Crippen LogP contribution < -0.4 is 5.73 Å². The third kappa shape index (κ3) is 5.38. The molecule has 172 valence electrons. The van der Waals surface area contributed by atoms with E-state index in [2.05, 4.69) is 4.57 Å². The number of nitrogens with zero attached hydrogens (tertiary/aromatic N) is 2. The molecule has 0 saturated heterocycles. The number of hydrogen-bond donors (Lipinski definition) is 4. The van der Waals surface area contributed by atoms with E-state index in [1.54, 1.807) is 18.2 Å². The summed E-state index contributed by atoms with van der Waals surface area (Å²) in [5.41, 5.74) is 8.83. The van der Waals surface area contributed by atoms with Crippen LogP contribution in [0.3, 0.4) is 0 Å². The lowest BCUT2D eigenvalue weighted by Gasteiger charge is -2.12. The highest BCUT2D eigenvalue weighted by Gasteiger charge is 2.10. The molecule has 0 aliphatic heterocycles. The molecule has 1 heterocycles. The molecule has 1 amide bonds. The van der Waals surface area contributed by atoms with E-state index in [1.807, 2.05) is 30.5 Å². The van der Waals surface area contributed by atoms with E-state index in [0.717, 1.165) is 27.6 Å². The Labute approximate surface area is 205 Å². The van der Waals surface area contributed by atoms with E-state index < -0.39 is 5.91 Å². The number of hydrogen-bond acceptors (Lipinski definition) is 5. The molecule has 4 aromatic rings. The molecule has 0 saturated carbocycles. The van der Waals surface area contributed by atoms with Crippen molar-refractivity contribution in [3.05, 3.63) is 98.7 Å². The first-order valence-corrected chi connectivity index (χ1v) is 10.7. The summed E-state index contributed by atoms with van der Waals surface area (Å²) in [6, 6.07) is 16.9. The molecule has 1 aromatic heterocycles. The van der Waals surface area contributed by atoms with Crippen molar-refractivity contribution in [1.29, 1.82) is 10.7 Å². The highest BCUT2D eigenvalue weighted by molar-refractivity contribution is 6.42. The lowest BCUT2D eigenvalue weighted by molar-refractivity contribution is 0.1000. The maximum absolute atomic E-state index is 10.6. The number of amides is 1. The molecular formula is C25H20Cl2N4O3. The van der Waals surface area contributed by atoms with E-state index in [-0.39, 0.29) is 23.5 Å². The largest absolute Gasteiger partial charge is 0.507 e. The van der Waals surface area contributed by atoms with Crippen LogP contribution in [-0.2, 0) is 13.2 Å². The Morgan fingerprint density at radius 2 is 1.82 bits per heavy atom. The van der Waals surface area contributed by atoms with Crippen LogP contribution in [0, 0.1) is 16.7 Å². The minimum atomic E-state index is -0.619. The van der Waals surface area contributed by atoms with Gasteiger partial charge in [-0.25, -0.2) is 0 Å². The summed E-state index contributed by atoms with van der Waals surface area (Å²) in [6.45, 7) is 0.495. The van der Waals surface area contributed by atoms with Gasteiger partial charge in [-0.1, -0.05) is 35.3 Å². The smallest absolute Gasteiger partial charge is 0.248 e. The molecule has 4 rings (SSSR count). The number of phenols is 1. The molecule has 0 unspecified atom stereocenters. The summed E-state index contributed by atoms with van der Waals surface area (Å²) < 4.78 is 2.07. The van der Waals surface area contributed by atoms with Crippen LogP contribution in [-0.4, -0.2) is 26.9 Å². The zero-order chi connectivity index (χ0) is 24.8. The number of carbonyl (C=O) groups is 1. The monoisotopic (exact) mass is 494 g/mol. The van der Waals surface area contributed by atoms with Gasteiger partial charge in [0.05, 0.1) is 22.2 Å². The van der Waals surface area contributed by atoms with Crippen molar-refractivity contribution in [2.75, 3.05) is 0 Å². The quantitative estimate of drug-likeness (QED) is 0.294. The molecule has 0 aliphatic rings. The van der Waals surface area contributed by atoms with Crippen molar-refractivity contribution in [3.63, 3.8) is 0 Å². The van der Waals surface area contributed by atoms with Crippen molar-refractivity contribution < 1.29 is 15.0 Å². The Kier molecular flexibility index (Phi) is 7.92. The number of aromatic nitrogens is 1. The van der Waals surface area contributed by atoms with Crippen molar-refractivity contribution in [2.24, 2.45) is 5.73 Å². The van der Waals surface area contributed by atoms with Gasteiger partial charge in [0.15, 0.2) is 0 Å². The fourth-order valence-electron chi connectivity index (χ4n) is 3.40. The SMILES string of the molecule is N#Cc1cc(C(N)=O)ccc1O.N=Cc1cccc2c1ccn2Cc1cc(Cl)c(Cl)cc1CO. The number of primary amides is 1. The summed E-state index contributed by atoms with van der Waals surface area (Å²) in [5, 5.41) is 36.4. The number of aliphatic hydroxyl groups is 1. The third-order valence-electron chi connectivity index (χ3n) is 5.16. The molecule has 34 heavy (non-hydrogen) atoms. The molecule has 5 N–H and O–H groups in total. The lowest BCUT2D eigenvalue weighted by atomic mass is 10.1. The van der Waals surface area contributed by atoms with Gasteiger partial charge in [-0.3, -0.25) is 4.79 Å². The van der Waals surface area contributed by atoms with Crippen LogP contribution in [0.2, 0.25) is 10.0 Å². The van der Waals surface area contributed by atoms with Gasteiger partial charge in [0, 0.05) is 41.0 Å². The minimum absolute atomic E-state index is 0.0475. The van der Waals surface area contributed by atoms with Gasteiger partial charge in [0.2, 0.25) is 5.91 Å². The number of fused-ring (bicyclic) bond motifs is 1. The molecule has 7 nitrogen and oxygen atoms in total. The highest BCUT2D eigenvalue weighted by atomic mass is 35.5. The first-order valence-electron chi connectivity index (χ1n) is 9.98. The standard InChI is InChI=1S/C17H14Cl2N2O.C8H6N2O2/c18-15-6-12(13(10-22)7-16(15)19)9-21-5-4-14-11(8-20)2-1-3-17(14)21;9-4-6-3-5(8(10)12)1-2-7(6)11/h1-8,20,22H,9-10H2;1-3,11H,(H2,10,12). The van der Waals surface area contributed by atoms with Crippen LogP contribution in [0.1, 0.15) is 32.6 Å². The number of carbonyl (C=O) groups excluding carboxylic acids is 1. The minimum Gasteiger partial charge on any atom is -0.507 e. The third-order valence-corrected chi connectivity index (χ3v) is 5.88. The summed E-state index contributed by atoms with van der Waals surface area (Å²) in [6.07, 6.45) is 3.33. The Morgan fingerprint density at radius 3 is 2.44 bits per heavy atom. The maximum atomic E-state index is 10.6. The fraction of sp³-hybridized carbons (Fsp3) is 0.0800. The number of halogens is 2. The Balaban J connectivity index is 0.000000229. The topological polar surface area (TPSA) is 136 Å². The van der Waals surface area contributed by atoms with Crippen LogP contribution in [0.5, 0.6) is 5.75 Å². The maximum Gasteiger partial charge on any atom is 0.248 e. The van der Waals surface area contributed by atoms with Gasteiger partial charge in [0.25, 0.3) is 0 Å². The molecule has 0 atom stereocenters. The molecule has 0 spiro atoms. The van der Waals surface area contributed by atoms with Crippen molar-refractivity contribution in [2.45, 2.75) is 13.2 Å². The zero-order valence-electron chi connectivity index (χ0n) is 17.8. The van der Waals surface area contributed by atoms with Gasteiger partial charge >= 0.3 is 0 Å². The van der Waals surface area contributed by atoms with E-state index in [1.165, 1.54) is 24.4 Å². The number of nitrogens with one attached hydrogen (secondary N) is 1. The van der Waals surface area contributed by atoms with E-state index in [0.29, 0.717) is 16.6 Å².